The number of nitrogens with one attached hydrogen (secondary N) is 1. The normalized spacial score (nSPS) is 10.8. The number of aryl methyl sites for hydroxylation is 1. The van der Waals surface area contributed by atoms with Crippen LogP contribution in [0.15, 0.2) is 0 Å². The first-order valence-corrected chi connectivity index (χ1v) is 7.26. The topological polar surface area (TPSA) is 110 Å². The maximum Gasteiger partial charge on any atom is 0.236 e. The molecule has 7 heteroatoms. The lowest BCUT2D eigenvalue weighted by Gasteiger charge is -2.26. The van der Waals surface area contributed by atoms with E-state index in [2.05, 4.69) is 36.2 Å². The van der Waals surface area contributed by atoms with Crippen molar-refractivity contribution in [2.24, 2.45) is 17.5 Å². The Morgan fingerprint density at radius 2 is 2.05 bits per heavy atom. The molecule has 0 aliphatic heterocycles. The molecule has 0 atom stereocenters. The van der Waals surface area contributed by atoms with E-state index in [1.165, 1.54) is 0 Å². The first kappa shape index (κ1) is 17.2. The Bertz CT molecular complexity index is 489. The average Bonchev–Trinajstić information content (AvgIpc) is 2.39. The summed E-state index contributed by atoms with van der Waals surface area (Å²) in [4.78, 5) is 22.2. The summed E-state index contributed by atoms with van der Waals surface area (Å²) in [6.45, 7) is 8.93. The molecule has 0 radical (unpaired) electrons. The van der Waals surface area contributed by atoms with Gasteiger partial charge in [-0.25, -0.2) is 15.8 Å². The number of carbonyl (C=O) groups is 1. The van der Waals surface area contributed by atoms with Gasteiger partial charge >= 0.3 is 0 Å². The van der Waals surface area contributed by atoms with Gasteiger partial charge < -0.3 is 16.1 Å². The molecule has 0 unspecified atom stereocenters. The van der Waals surface area contributed by atoms with Gasteiger partial charge in [0, 0.05) is 18.5 Å². The summed E-state index contributed by atoms with van der Waals surface area (Å²) in [5, 5.41) is 0. The van der Waals surface area contributed by atoms with Crippen molar-refractivity contribution in [1.29, 1.82) is 0 Å². The van der Waals surface area contributed by atoms with Crippen LogP contribution in [0.3, 0.4) is 0 Å². The lowest BCUT2D eigenvalue weighted by atomic mass is 10.2. The monoisotopic (exact) mass is 294 g/mol. The summed E-state index contributed by atoms with van der Waals surface area (Å²) in [5.41, 5.74) is 8.78. The number of nitrogens with zero attached hydrogens (tertiary/aromatic N) is 3. The van der Waals surface area contributed by atoms with Crippen LogP contribution >= 0.6 is 0 Å². The standard InChI is InChI=1S/C14H26N6O/c1-5-6-12-17-13(19-16)10(4)14(18-12)20(7-9(2)3)8-11(15)21/h9H,5-8,16H2,1-4H3,(H2,15,21)(H,17,18,19). The number of rotatable bonds is 8. The molecular formula is C14H26N6O. The second-order valence-corrected chi connectivity index (χ2v) is 5.57. The highest BCUT2D eigenvalue weighted by atomic mass is 16.1. The third kappa shape index (κ3) is 4.86. The third-order valence-corrected chi connectivity index (χ3v) is 3.01. The molecule has 7 nitrogen and oxygen atoms in total. The minimum atomic E-state index is -0.382. The van der Waals surface area contributed by atoms with E-state index >= 15 is 0 Å². The molecule has 21 heavy (non-hydrogen) atoms. The Morgan fingerprint density at radius 3 is 2.52 bits per heavy atom. The zero-order chi connectivity index (χ0) is 16.0. The third-order valence-electron chi connectivity index (χ3n) is 3.01. The summed E-state index contributed by atoms with van der Waals surface area (Å²) in [7, 11) is 0. The number of hydrazine groups is 1. The Hall–Kier alpha value is -1.89. The van der Waals surface area contributed by atoms with E-state index in [4.69, 9.17) is 11.6 Å². The molecular weight excluding hydrogens is 268 g/mol. The van der Waals surface area contributed by atoms with E-state index in [9.17, 15) is 4.79 Å². The largest absolute Gasteiger partial charge is 0.368 e. The predicted molar refractivity (Wildman–Crippen MR) is 84.8 cm³/mol. The molecule has 1 amide bonds. The van der Waals surface area contributed by atoms with Crippen LogP contribution in [0.4, 0.5) is 11.6 Å². The summed E-state index contributed by atoms with van der Waals surface area (Å²) in [5.74, 6) is 7.55. The van der Waals surface area contributed by atoms with Gasteiger partial charge in [-0.05, 0) is 19.3 Å². The highest BCUT2D eigenvalue weighted by molar-refractivity contribution is 5.79. The van der Waals surface area contributed by atoms with Gasteiger partial charge in [0.2, 0.25) is 5.91 Å². The summed E-state index contributed by atoms with van der Waals surface area (Å²) >= 11 is 0. The van der Waals surface area contributed by atoms with Crippen molar-refractivity contribution in [3.8, 4) is 0 Å². The lowest BCUT2D eigenvalue weighted by Crippen LogP contribution is -2.37. The number of anilines is 2. The molecule has 0 spiro atoms. The van der Waals surface area contributed by atoms with Crippen molar-refractivity contribution < 1.29 is 4.79 Å². The Morgan fingerprint density at radius 1 is 1.38 bits per heavy atom. The predicted octanol–water partition coefficient (Wildman–Crippen LogP) is 0.971. The Labute approximate surface area is 126 Å². The summed E-state index contributed by atoms with van der Waals surface area (Å²) < 4.78 is 0. The quantitative estimate of drug-likeness (QED) is 0.487. The summed E-state index contributed by atoms with van der Waals surface area (Å²) in [6.07, 6.45) is 1.70. The fraction of sp³-hybridized carbons (Fsp3) is 0.643. The number of carbonyl (C=O) groups excluding carboxylic acids is 1. The van der Waals surface area contributed by atoms with Gasteiger partial charge in [0.1, 0.15) is 17.5 Å². The van der Waals surface area contributed by atoms with E-state index in [0.29, 0.717) is 29.9 Å². The number of aromatic nitrogens is 2. The Kier molecular flexibility index (Phi) is 6.36. The Balaban J connectivity index is 3.26. The number of hydrogen-bond donors (Lipinski definition) is 3. The fourth-order valence-corrected chi connectivity index (χ4v) is 2.19. The zero-order valence-corrected chi connectivity index (χ0v) is 13.3. The van der Waals surface area contributed by atoms with Gasteiger partial charge in [0.25, 0.3) is 0 Å². The van der Waals surface area contributed by atoms with Crippen LogP contribution in [0.5, 0.6) is 0 Å². The zero-order valence-electron chi connectivity index (χ0n) is 13.3. The number of nitrogens with two attached hydrogens (primary N) is 2. The van der Waals surface area contributed by atoms with Crippen LogP contribution < -0.4 is 21.9 Å². The van der Waals surface area contributed by atoms with Crippen molar-refractivity contribution >= 4 is 17.5 Å². The van der Waals surface area contributed by atoms with Gasteiger partial charge in [0.15, 0.2) is 0 Å². The van der Waals surface area contributed by atoms with Gasteiger partial charge in [-0.1, -0.05) is 20.8 Å². The van der Waals surface area contributed by atoms with Gasteiger partial charge in [-0.15, -0.1) is 0 Å². The van der Waals surface area contributed by atoms with Crippen molar-refractivity contribution in [2.75, 3.05) is 23.4 Å². The molecule has 1 heterocycles. The average molecular weight is 294 g/mol. The van der Waals surface area contributed by atoms with Crippen LogP contribution in [0.2, 0.25) is 0 Å². The van der Waals surface area contributed by atoms with Crippen molar-refractivity contribution in [2.45, 2.75) is 40.5 Å². The maximum atomic E-state index is 11.3. The van der Waals surface area contributed by atoms with E-state index in [1.807, 2.05) is 11.8 Å². The minimum Gasteiger partial charge on any atom is -0.368 e. The molecule has 0 saturated carbocycles. The van der Waals surface area contributed by atoms with Crippen LogP contribution in [0.1, 0.15) is 38.6 Å². The minimum absolute atomic E-state index is 0.131. The van der Waals surface area contributed by atoms with E-state index in [-0.39, 0.29) is 12.5 Å². The molecule has 0 fully saturated rings. The molecule has 5 N–H and O–H groups in total. The molecule has 1 rings (SSSR count). The number of nitrogen functional groups attached to an aromatic ring is 1. The van der Waals surface area contributed by atoms with Gasteiger partial charge in [-0.2, -0.15) is 0 Å². The number of primary amides is 1. The smallest absolute Gasteiger partial charge is 0.236 e. The van der Waals surface area contributed by atoms with Gasteiger partial charge in [0.05, 0.1) is 6.54 Å². The first-order valence-electron chi connectivity index (χ1n) is 7.26. The van der Waals surface area contributed by atoms with Crippen LogP contribution in [-0.4, -0.2) is 29.0 Å². The summed E-state index contributed by atoms with van der Waals surface area (Å²) in [6, 6.07) is 0. The highest BCUT2D eigenvalue weighted by Gasteiger charge is 2.18. The molecule has 1 aromatic heterocycles. The van der Waals surface area contributed by atoms with Gasteiger partial charge in [-0.3, -0.25) is 4.79 Å². The molecule has 118 valence electrons. The fourth-order valence-electron chi connectivity index (χ4n) is 2.19. The van der Waals surface area contributed by atoms with E-state index in [0.717, 1.165) is 18.4 Å². The highest BCUT2D eigenvalue weighted by Crippen LogP contribution is 2.24. The van der Waals surface area contributed by atoms with Crippen LogP contribution in [0, 0.1) is 12.8 Å². The number of amides is 1. The van der Waals surface area contributed by atoms with Crippen molar-refractivity contribution in [3.05, 3.63) is 11.4 Å². The second kappa shape index (κ2) is 7.78. The second-order valence-electron chi connectivity index (χ2n) is 5.57. The molecule has 1 aromatic rings. The van der Waals surface area contributed by atoms with E-state index < -0.39 is 0 Å². The van der Waals surface area contributed by atoms with Crippen molar-refractivity contribution in [1.82, 2.24) is 9.97 Å². The van der Waals surface area contributed by atoms with Crippen molar-refractivity contribution in [3.63, 3.8) is 0 Å². The molecule has 0 aliphatic rings. The maximum absolute atomic E-state index is 11.3. The SMILES string of the molecule is CCCc1nc(NN)c(C)c(N(CC(N)=O)CC(C)C)n1. The molecule has 0 bridgehead atoms. The number of hydrogen-bond acceptors (Lipinski definition) is 6. The van der Waals surface area contributed by atoms with E-state index in [1.54, 1.807) is 0 Å². The lowest BCUT2D eigenvalue weighted by molar-refractivity contribution is -0.116. The molecule has 0 aliphatic carbocycles. The molecule has 0 aromatic carbocycles. The molecule has 0 saturated heterocycles. The van der Waals surface area contributed by atoms with Crippen LogP contribution in [0.25, 0.3) is 0 Å². The first-order chi connectivity index (χ1) is 9.88. The van der Waals surface area contributed by atoms with Crippen LogP contribution in [-0.2, 0) is 11.2 Å².